The molecule has 0 spiro atoms. The number of aromatic nitrogens is 2. The van der Waals surface area contributed by atoms with Crippen LogP contribution in [0.25, 0.3) is 0 Å². The van der Waals surface area contributed by atoms with E-state index in [1.807, 2.05) is 13.1 Å². The number of nitrogens with zero attached hydrogens (tertiary/aromatic N) is 2. The molecule has 72 valence electrons. The normalized spacial score (nSPS) is 20.8. The molecule has 2 nitrogen and oxygen atoms in total. The van der Waals surface area contributed by atoms with Crippen LogP contribution in [-0.2, 0) is 0 Å². The van der Waals surface area contributed by atoms with Crippen molar-refractivity contribution in [2.24, 2.45) is 0 Å². The first kappa shape index (κ1) is 9.07. The molecule has 1 heterocycles. The minimum atomic E-state index is 0.0788. The fourth-order valence-corrected chi connectivity index (χ4v) is 2.04. The van der Waals surface area contributed by atoms with Gasteiger partial charge in [-0.2, -0.15) is 5.10 Å². The molecule has 1 aromatic rings. The highest BCUT2D eigenvalue weighted by Crippen LogP contribution is 2.30. The van der Waals surface area contributed by atoms with E-state index in [0.29, 0.717) is 6.04 Å². The number of halogens is 1. The fraction of sp³-hybridized carbons (Fsp3) is 0.700. The lowest BCUT2D eigenvalue weighted by Gasteiger charge is -2.08. The zero-order valence-corrected chi connectivity index (χ0v) is 8.67. The Morgan fingerprint density at radius 1 is 1.54 bits per heavy atom. The van der Waals surface area contributed by atoms with Gasteiger partial charge in [0.15, 0.2) is 0 Å². The van der Waals surface area contributed by atoms with E-state index < -0.39 is 0 Å². The lowest BCUT2D eigenvalue weighted by Crippen LogP contribution is -2.04. The zero-order valence-electron chi connectivity index (χ0n) is 7.91. The topological polar surface area (TPSA) is 17.8 Å². The third-order valence-electron chi connectivity index (χ3n) is 2.78. The third kappa shape index (κ3) is 1.88. The molecular formula is C10H15ClN2. The van der Waals surface area contributed by atoms with Crippen LogP contribution < -0.4 is 0 Å². The van der Waals surface area contributed by atoms with Crippen LogP contribution in [0.15, 0.2) is 12.4 Å². The van der Waals surface area contributed by atoms with Gasteiger partial charge in [-0.25, -0.2) is 0 Å². The zero-order chi connectivity index (χ0) is 9.26. The Kier molecular flexibility index (Phi) is 2.58. The molecule has 1 fully saturated rings. The van der Waals surface area contributed by atoms with E-state index >= 15 is 0 Å². The molecular weight excluding hydrogens is 184 g/mol. The van der Waals surface area contributed by atoms with Crippen molar-refractivity contribution in [1.29, 1.82) is 0 Å². The first-order valence-electron chi connectivity index (χ1n) is 4.95. The van der Waals surface area contributed by atoms with Gasteiger partial charge >= 0.3 is 0 Å². The largest absolute Gasteiger partial charge is 0.269 e. The summed E-state index contributed by atoms with van der Waals surface area (Å²) in [5, 5.41) is 4.43. The van der Waals surface area contributed by atoms with Gasteiger partial charge in [0.05, 0.1) is 17.6 Å². The Labute approximate surface area is 83.9 Å². The summed E-state index contributed by atoms with van der Waals surface area (Å²) in [5.41, 5.74) is 1.13. The molecule has 0 amide bonds. The van der Waals surface area contributed by atoms with E-state index in [1.165, 1.54) is 25.7 Å². The first-order chi connectivity index (χ1) is 6.27. The molecule has 0 aliphatic heterocycles. The van der Waals surface area contributed by atoms with Crippen LogP contribution in [0, 0.1) is 0 Å². The molecule has 3 heteroatoms. The summed E-state index contributed by atoms with van der Waals surface area (Å²) in [6.07, 6.45) is 9.21. The average molecular weight is 199 g/mol. The average Bonchev–Trinajstić information content (AvgIpc) is 2.75. The second-order valence-corrected chi connectivity index (χ2v) is 4.46. The van der Waals surface area contributed by atoms with Crippen molar-refractivity contribution in [3.8, 4) is 0 Å². The minimum absolute atomic E-state index is 0.0788. The number of hydrogen-bond donors (Lipinski definition) is 0. The van der Waals surface area contributed by atoms with Crippen molar-refractivity contribution in [3.05, 3.63) is 18.0 Å². The Morgan fingerprint density at radius 3 is 2.77 bits per heavy atom. The van der Waals surface area contributed by atoms with Crippen LogP contribution in [-0.4, -0.2) is 9.78 Å². The molecule has 1 atom stereocenters. The van der Waals surface area contributed by atoms with Crippen molar-refractivity contribution in [2.45, 2.75) is 44.0 Å². The van der Waals surface area contributed by atoms with E-state index in [-0.39, 0.29) is 5.38 Å². The molecule has 0 N–H and O–H groups in total. The van der Waals surface area contributed by atoms with Crippen molar-refractivity contribution < 1.29 is 0 Å². The van der Waals surface area contributed by atoms with Crippen molar-refractivity contribution in [2.75, 3.05) is 0 Å². The number of rotatable bonds is 2. The van der Waals surface area contributed by atoms with Crippen molar-refractivity contribution in [1.82, 2.24) is 9.78 Å². The van der Waals surface area contributed by atoms with Gasteiger partial charge in [-0.15, -0.1) is 11.6 Å². The predicted molar refractivity (Wildman–Crippen MR) is 54.0 cm³/mol. The Hall–Kier alpha value is -0.500. The first-order valence-corrected chi connectivity index (χ1v) is 5.39. The smallest absolute Gasteiger partial charge is 0.0588 e. The molecule has 0 bridgehead atoms. The Morgan fingerprint density at radius 2 is 2.23 bits per heavy atom. The van der Waals surface area contributed by atoms with E-state index in [1.54, 1.807) is 0 Å². The van der Waals surface area contributed by atoms with Gasteiger partial charge in [0.1, 0.15) is 0 Å². The standard InChI is InChI=1S/C10H15ClN2/c1-8(11)9-6-12-13(7-9)10-4-2-3-5-10/h6-8,10H,2-5H2,1H3. The van der Waals surface area contributed by atoms with Crippen LogP contribution in [0.4, 0.5) is 0 Å². The maximum absolute atomic E-state index is 5.97. The monoisotopic (exact) mass is 198 g/mol. The van der Waals surface area contributed by atoms with Gasteiger partial charge in [-0.3, -0.25) is 4.68 Å². The molecule has 1 unspecified atom stereocenters. The van der Waals surface area contributed by atoms with Crippen molar-refractivity contribution in [3.63, 3.8) is 0 Å². The van der Waals surface area contributed by atoms with Crippen LogP contribution >= 0.6 is 11.6 Å². The molecule has 1 aliphatic rings. The van der Waals surface area contributed by atoms with E-state index in [9.17, 15) is 0 Å². The fourth-order valence-electron chi connectivity index (χ4n) is 1.93. The molecule has 1 saturated carbocycles. The molecule has 0 radical (unpaired) electrons. The molecule has 2 rings (SSSR count). The van der Waals surface area contributed by atoms with E-state index in [4.69, 9.17) is 11.6 Å². The highest BCUT2D eigenvalue weighted by Gasteiger charge is 2.17. The summed E-state index contributed by atoms with van der Waals surface area (Å²) in [6.45, 7) is 1.98. The Balaban J connectivity index is 2.12. The summed E-state index contributed by atoms with van der Waals surface area (Å²) in [7, 11) is 0. The minimum Gasteiger partial charge on any atom is -0.269 e. The molecule has 0 aromatic carbocycles. The van der Waals surface area contributed by atoms with Crippen LogP contribution in [0.1, 0.15) is 49.6 Å². The van der Waals surface area contributed by atoms with Gasteiger partial charge in [0.2, 0.25) is 0 Å². The summed E-state index contributed by atoms with van der Waals surface area (Å²) in [6, 6.07) is 0.629. The summed E-state index contributed by atoms with van der Waals surface area (Å²) >= 11 is 5.97. The molecule has 1 aromatic heterocycles. The third-order valence-corrected chi connectivity index (χ3v) is 3.03. The highest BCUT2D eigenvalue weighted by molar-refractivity contribution is 6.20. The summed E-state index contributed by atoms with van der Waals surface area (Å²) in [5.74, 6) is 0. The summed E-state index contributed by atoms with van der Waals surface area (Å²) in [4.78, 5) is 0. The molecule has 0 saturated heterocycles. The van der Waals surface area contributed by atoms with E-state index in [2.05, 4.69) is 16.0 Å². The summed E-state index contributed by atoms with van der Waals surface area (Å²) < 4.78 is 2.08. The van der Waals surface area contributed by atoms with Gasteiger partial charge in [0.25, 0.3) is 0 Å². The maximum Gasteiger partial charge on any atom is 0.0588 e. The number of hydrogen-bond acceptors (Lipinski definition) is 1. The molecule has 1 aliphatic carbocycles. The lowest BCUT2D eigenvalue weighted by atomic mass is 10.2. The molecule has 13 heavy (non-hydrogen) atoms. The maximum atomic E-state index is 5.97. The highest BCUT2D eigenvalue weighted by atomic mass is 35.5. The van der Waals surface area contributed by atoms with Crippen LogP contribution in [0.5, 0.6) is 0 Å². The van der Waals surface area contributed by atoms with Gasteiger partial charge in [-0.05, 0) is 19.8 Å². The van der Waals surface area contributed by atoms with Gasteiger partial charge in [-0.1, -0.05) is 12.8 Å². The second-order valence-electron chi connectivity index (χ2n) is 3.81. The van der Waals surface area contributed by atoms with Gasteiger partial charge in [0, 0.05) is 11.8 Å². The number of alkyl halides is 1. The predicted octanol–water partition coefficient (Wildman–Crippen LogP) is 3.30. The van der Waals surface area contributed by atoms with Crippen LogP contribution in [0.3, 0.4) is 0 Å². The quantitative estimate of drug-likeness (QED) is 0.667. The van der Waals surface area contributed by atoms with Crippen LogP contribution in [0.2, 0.25) is 0 Å². The van der Waals surface area contributed by atoms with Crippen molar-refractivity contribution >= 4 is 11.6 Å². The van der Waals surface area contributed by atoms with E-state index in [0.717, 1.165) is 5.56 Å². The second kappa shape index (κ2) is 3.70. The lowest BCUT2D eigenvalue weighted by molar-refractivity contribution is 0.466. The Bertz CT molecular complexity index is 274. The SMILES string of the molecule is CC(Cl)c1cnn(C2CCCC2)c1. The van der Waals surface area contributed by atoms with Gasteiger partial charge < -0.3 is 0 Å².